The average molecular weight is 222 g/mol. The van der Waals surface area contributed by atoms with Gasteiger partial charge in [0.2, 0.25) is 0 Å². The minimum atomic E-state index is 0.687. The first-order valence-electron chi connectivity index (χ1n) is 5.81. The summed E-state index contributed by atoms with van der Waals surface area (Å²) in [5.41, 5.74) is 3.37. The molecular weight excluding hydrogens is 200 g/mol. The van der Waals surface area contributed by atoms with Crippen LogP contribution in [0.15, 0.2) is 10.1 Å². The maximum absolute atomic E-state index is 5.12. The molecule has 90 valence electrons. The average Bonchev–Trinajstić information content (AvgIpc) is 2.49. The van der Waals surface area contributed by atoms with E-state index < -0.39 is 0 Å². The van der Waals surface area contributed by atoms with Gasteiger partial charge in [-0.2, -0.15) is 0 Å². The Morgan fingerprint density at radius 1 is 1.44 bits per heavy atom. The third-order valence-electron chi connectivity index (χ3n) is 2.44. The number of nitrogens with zero attached hydrogens (tertiary/aromatic N) is 1. The Morgan fingerprint density at radius 3 is 2.62 bits per heavy atom. The first-order valence-corrected chi connectivity index (χ1v) is 5.81. The van der Waals surface area contributed by atoms with Crippen molar-refractivity contribution < 1.29 is 4.52 Å². The van der Waals surface area contributed by atoms with Crippen LogP contribution in [0.1, 0.15) is 37.8 Å². The van der Waals surface area contributed by atoms with Crippen LogP contribution in [0.2, 0.25) is 0 Å². The summed E-state index contributed by atoms with van der Waals surface area (Å²) in [6.45, 7) is 12.4. The summed E-state index contributed by atoms with van der Waals surface area (Å²) in [5.74, 6) is 1.58. The summed E-state index contributed by atoms with van der Waals surface area (Å²) in [5, 5.41) is 7.35. The van der Waals surface area contributed by atoms with Crippen molar-refractivity contribution in [3.63, 3.8) is 0 Å². The molecule has 0 radical (unpaired) electrons. The van der Waals surface area contributed by atoms with Crippen LogP contribution in [0.5, 0.6) is 0 Å². The Labute approximate surface area is 97.9 Å². The summed E-state index contributed by atoms with van der Waals surface area (Å²) in [6.07, 6.45) is 2.15. The van der Waals surface area contributed by atoms with E-state index in [1.54, 1.807) is 0 Å². The van der Waals surface area contributed by atoms with E-state index in [2.05, 4.69) is 37.3 Å². The van der Waals surface area contributed by atoms with Crippen molar-refractivity contribution in [2.75, 3.05) is 13.1 Å². The minimum absolute atomic E-state index is 0.687. The van der Waals surface area contributed by atoms with E-state index in [4.69, 9.17) is 4.52 Å². The molecule has 0 fully saturated rings. The predicted octanol–water partition coefficient (Wildman–Crippen LogP) is 2.94. The molecule has 0 amide bonds. The zero-order valence-electron chi connectivity index (χ0n) is 10.9. The van der Waals surface area contributed by atoms with Crippen molar-refractivity contribution in [1.82, 2.24) is 10.5 Å². The monoisotopic (exact) mass is 222 g/mol. The fraction of sp³-hybridized carbons (Fsp3) is 0.615. The molecule has 0 bridgehead atoms. The molecule has 0 saturated heterocycles. The highest BCUT2D eigenvalue weighted by atomic mass is 16.5. The molecule has 0 aliphatic carbocycles. The van der Waals surface area contributed by atoms with E-state index in [1.807, 2.05) is 13.8 Å². The molecule has 1 rings (SSSR count). The molecule has 1 heterocycles. The second-order valence-corrected chi connectivity index (χ2v) is 4.75. The smallest absolute Gasteiger partial charge is 0.141 e. The second-order valence-electron chi connectivity index (χ2n) is 4.75. The van der Waals surface area contributed by atoms with E-state index in [-0.39, 0.29) is 0 Å². The lowest BCUT2D eigenvalue weighted by Gasteiger charge is -2.07. The highest BCUT2D eigenvalue weighted by Crippen LogP contribution is 2.15. The van der Waals surface area contributed by atoms with Crippen LogP contribution < -0.4 is 5.32 Å². The number of aromatic nitrogens is 1. The number of nitrogens with one attached hydrogen (secondary N) is 1. The van der Waals surface area contributed by atoms with E-state index in [0.29, 0.717) is 5.92 Å². The molecule has 1 aromatic heterocycles. The van der Waals surface area contributed by atoms with Gasteiger partial charge in [-0.15, -0.1) is 0 Å². The molecule has 1 aromatic rings. The van der Waals surface area contributed by atoms with Gasteiger partial charge in [0, 0.05) is 12.1 Å². The lowest BCUT2D eigenvalue weighted by molar-refractivity contribution is 0.393. The topological polar surface area (TPSA) is 38.1 Å². The van der Waals surface area contributed by atoms with Gasteiger partial charge < -0.3 is 9.84 Å². The summed E-state index contributed by atoms with van der Waals surface area (Å²) >= 11 is 0. The van der Waals surface area contributed by atoms with Gasteiger partial charge in [-0.3, -0.25) is 0 Å². The van der Waals surface area contributed by atoms with Gasteiger partial charge in [-0.05, 0) is 39.3 Å². The lowest BCUT2D eigenvalue weighted by Crippen LogP contribution is -2.21. The number of rotatable bonds is 5. The van der Waals surface area contributed by atoms with Crippen LogP contribution in [-0.4, -0.2) is 18.2 Å². The fourth-order valence-electron chi connectivity index (χ4n) is 1.55. The first-order chi connectivity index (χ1) is 7.50. The molecule has 3 heteroatoms. The van der Waals surface area contributed by atoms with Gasteiger partial charge in [-0.1, -0.05) is 24.6 Å². The van der Waals surface area contributed by atoms with Gasteiger partial charge in [-0.25, -0.2) is 0 Å². The maximum atomic E-state index is 5.12. The van der Waals surface area contributed by atoms with Crippen LogP contribution >= 0.6 is 0 Å². The van der Waals surface area contributed by atoms with Crippen molar-refractivity contribution in [3.8, 4) is 0 Å². The van der Waals surface area contributed by atoms with E-state index in [0.717, 1.165) is 30.1 Å². The SMILES string of the molecule is CC(=Cc1c(C)noc1C)CNCC(C)C. The third-order valence-corrected chi connectivity index (χ3v) is 2.44. The van der Waals surface area contributed by atoms with Gasteiger partial charge >= 0.3 is 0 Å². The zero-order chi connectivity index (χ0) is 12.1. The Balaban J connectivity index is 2.56. The van der Waals surface area contributed by atoms with Crippen LogP contribution in [0.3, 0.4) is 0 Å². The van der Waals surface area contributed by atoms with Crippen molar-refractivity contribution in [3.05, 3.63) is 22.6 Å². The quantitative estimate of drug-likeness (QED) is 0.832. The minimum Gasteiger partial charge on any atom is -0.361 e. The van der Waals surface area contributed by atoms with Crippen molar-refractivity contribution >= 4 is 6.08 Å². The van der Waals surface area contributed by atoms with E-state index in [1.165, 1.54) is 5.57 Å². The third kappa shape index (κ3) is 3.81. The molecule has 0 aliphatic heterocycles. The molecule has 1 N–H and O–H groups in total. The second kappa shape index (κ2) is 5.85. The molecule has 16 heavy (non-hydrogen) atoms. The standard InChI is InChI=1S/C13H22N2O/c1-9(2)7-14-8-10(3)6-13-11(4)15-16-12(13)5/h6,9,14H,7-8H2,1-5H3. The molecule has 0 unspecified atom stereocenters. The lowest BCUT2D eigenvalue weighted by atomic mass is 10.1. The number of hydrogen-bond acceptors (Lipinski definition) is 3. The van der Waals surface area contributed by atoms with Crippen LogP contribution in [0.4, 0.5) is 0 Å². The Bertz CT molecular complexity index is 345. The van der Waals surface area contributed by atoms with Crippen molar-refractivity contribution in [2.24, 2.45) is 5.92 Å². The summed E-state index contributed by atoms with van der Waals surface area (Å²) < 4.78 is 5.12. The summed E-state index contributed by atoms with van der Waals surface area (Å²) in [6, 6.07) is 0. The molecular formula is C13H22N2O. The van der Waals surface area contributed by atoms with Crippen LogP contribution in [-0.2, 0) is 0 Å². The maximum Gasteiger partial charge on any atom is 0.141 e. The van der Waals surface area contributed by atoms with Gasteiger partial charge in [0.25, 0.3) is 0 Å². The molecule has 0 aliphatic rings. The van der Waals surface area contributed by atoms with Gasteiger partial charge in [0.05, 0.1) is 5.69 Å². The van der Waals surface area contributed by atoms with Crippen molar-refractivity contribution in [2.45, 2.75) is 34.6 Å². The van der Waals surface area contributed by atoms with Crippen molar-refractivity contribution in [1.29, 1.82) is 0 Å². The molecule has 0 aromatic carbocycles. The Hall–Kier alpha value is -1.09. The number of hydrogen-bond donors (Lipinski definition) is 1. The largest absolute Gasteiger partial charge is 0.361 e. The van der Waals surface area contributed by atoms with Crippen LogP contribution in [0, 0.1) is 19.8 Å². The summed E-state index contributed by atoms with van der Waals surface area (Å²) in [7, 11) is 0. The molecule has 0 saturated carbocycles. The number of aryl methyl sites for hydroxylation is 2. The van der Waals surface area contributed by atoms with E-state index >= 15 is 0 Å². The molecule has 3 nitrogen and oxygen atoms in total. The first kappa shape index (κ1) is 13.0. The molecule has 0 spiro atoms. The Kier molecular flexibility index (Phi) is 4.74. The van der Waals surface area contributed by atoms with Crippen LogP contribution in [0.25, 0.3) is 6.08 Å². The van der Waals surface area contributed by atoms with Gasteiger partial charge in [0.1, 0.15) is 5.76 Å². The highest BCUT2D eigenvalue weighted by molar-refractivity contribution is 5.56. The normalized spacial score (nSPS) is 12.5. The summed E-state index contributed by atoms with van der Waals surface area (Å²) in [4.78, 5) is 0. The zero-order valence-corrected chi connectivity index (χ0v) is 10.9. The van der Waals surface area contributed by atoms with E-state index in [9.17, 15) is 0 Å². The highest BCUT2D eigenvalue weighted by Gasteiger charge is 2.05. The predicted molar refractivity (Wildman–Crippen MR) is 67.3 cm³/mol. The fourth-order valence-corrected chi connectivity index (χ4v) is 1.55. The Morgan fingerprint density at radius 2 is 2.12 bits per heavy atom. The van der Waals surface area contributed by atoms with Gasteiger partial charge in [0.15, 0.2) is 0 Å². The molecule has 0 atom stereocenters.